The zero-order valence-corrected chi connectivity index (χ0v) is 9.81. The van der Waals surface area contributed by atoms with Gasteiger partial charge in [0.05, 0.1) is 0 Å². The lowest BCUT2D eigenvalue weighted by molar-refractivity contribution is 0.123. The van der Waals surface area contributed by atoms with E-state index in [1.807, 2.05) is 0 Å². The van der Waals surface area contributed by atoms with Gasteiger partial charge < -0.3 is 4.90 Å². The highest BCUT2D eigenvalue weighted by Gasteiger charge is 2.27. The largest absolute Gasteiger partial charge is 0.300 e. The van der Waals surface area contributed by atoms with Crippen molar-refractivity contribution in [3.05, 3.63) is 0 Å². The van der Waals surface area contributed by atoms with Crippen LogP contribution in [0, 0.1) is 5.92 Å². The number of alkyl halides is 1. The molecule has 1 saturated heterocycles. The van der Waals surface area contributed by atoms with Crippen LogP contribution in [0.3, 0.4) is 0 Å². The summed E-state index contributed by atoms with van der Waals surface area (Å²) in [5.74, 6) is 1.74. The van der Waals surface area contributed by atoms with Crippen LogP contribution >= 0.6 is 11.6 Å². The summed E-state index contributed by atoms with van der Waals surface area (Å²) in [4.78, 5) is 2.74. The average molecular weight is 216 g/mol. The molecule has 1 heterocycles. The lowest BCUT2D eigenvalue weighted by Gasteiger charge is -2.36. The van der Waals surface area contributed by atoms with Gasteiger partial charge in [0.25, 0.3) is 0 Å². The lowest BCUT2D eigenvalue weighted by atomic mass is 9.94. The zero-order chi connectivity index (χ0) is 9.80. The molecule has 0 radical (unpaired) electrons. The van der Waals surface area contributed by atoms with E-state index in [9.17, 15) is 0 Å². The van der Waals surface area contributed by atoms with Gasteiger partial charge in [-0.3, -0.25) is 0 Å². The Balaban J connectivity index is 1.80. The van der Waals surface area contributed by atoms with E-state index in [-0.39, 0.29) is 0 Å². The summed E-state index contributed by atoms with van der Waals surface area (Å²) in [5, 5.41) is 0. The molecular weight excluding hydrogens is 194 g/mol. The summed E-state index contributed by atoms with van der Waals surface area (Å²) in [7, 11) is 0. The molecule has 0 bridgehead atoms. The summed E-state index contributed by atoms with van der Waals surface area (Å²) in [6, 6.07) is 0.924. The third kappa shape index (κ3) is 2.64. The molecule has 0 aromatic heterocycles. The van der Waals surface area contributed by atoms with Gasteiger partial charge in [-0.15, -0.1) is 11.6 Å². The van der Waals surface area contributed by atoms with Gasteiger partial charge in [-0.2, -0.15) is 0 Å². The van der Waals surface area contributed by atoms with Gasteiger partial charge in [-0.1, -0.05) is 12.8 Å². The van der Waals surface area contributed by atoms with Crippen molar-refractivity contribution in [2.75, 3.05) is 19.0 Å². The summed E-state index contributed by atoms with van der Waals surface area (Å²) >= 11 is 5.82. The Morgan fingerprint density at radius 3 is 2.57 bits per heavy atom. The monoisotopic (exact) mass is 215 g/mol. The van der Waals surface area contributed by atoms with Gasteiger partial charge >= 0.3 is 0 Å². The molecule has 1 atom stereocenters. The fourth-order valence-electron chi connectivity index (χ4n) is 3.09. The molecule has 1 nitrogen and oxygen atoms in total. The first-order valence-corrected chi connectivity index (χ1v) is 6.73. The zero-order valence-electron chi connectivity index (χ0n) is 9.05. The molecule has 0 aromatic rings. The second-order valence-corrected chi connectivity index (χ2v) is 5.30. The summed E-state index contributed by atoms with van der Waals surface area (Å²) in [5.41, 5.74) is 0. The van der Waals surface area contributed by atoms with Crippen molar-refractivity contribution in [1.29, 1.82) is 0 Å². The topological polar surface area (TPSA) is 3.24 Å². The molecule has 2 aliphatic rings. The van der Waals surface area contributed by atoms with Crippen molar-refractivity contribution >= 4 is 11.6 Å². The van der Waals surface area contributed by atoms with Crippen LogP contribution in [0.5, 0.6) is 0 Å². The third-order valence-electron chi connectivity index (χ3n) is 3.91. The van der Waals surface area contributed by atoms with Gasteiger partial charge in [-0.25, -0.2) is 0 Å². The molecule has 0 aromatic carbocycles. The second kappa shape index (κ2) is 5.37. The first-order valence-electron chi connectivity index (χ1n) is 6.20. The van der Waals surface area contributed by atoms with Crippen molar-refractivity contribution < 1.29 is 0 Å². The summed E-state index contributed by atoms with van der Waals surface area (Å²) in [6.45, 7) is 2.68. The minimum absolute atomic E-state index is 0.850. The molecule has 1 unspecified atom stereocenters. The maximum absolute atomic E-state index is 5.82. The normalized spacial score (nSPS) is 31.1. The number of halogens is 1. The van der Waals surface area contributed by atoms with Crippen LogP contribution in [-0.2, 0) is 0 Å². The minimum Gasteiger partial charge on any atom is -0.300 e. The molecule has 14 heavy (non-hydrogen) atoms. The number of likely N-dealkylation sites (tertiary alicyclic amines) is 1. The Bertz CT molecular complexity index is 164. The Labute approximate surface area is 92.8 Å². The molecule has 0 amide bonds. The van der Waals surface area contributed by atoms with Gasteiger partial charge in [0, 0.05) is 18.5 Å². The van der Waals surface area contributed by atoms with E-state index >= 15 is 0 Å². The number of rotatable bonds is 3. The van der Waals surface area contributed by atoms with Crippen molar-refractivity contribution in [3.8, 4) is 0 Å². The summed E-state index contributed by atoms with van der Waals surface area (Å²) < 4.78 is 0. The number of hydrogen-bond acceptors (Lipinski definition) is 1. The smallest absolute Gasteiger partial charge is 0.0226 e. The summed E-state index contributed by atoms with van der Waals surface area (Å²) in [6.07, 6.45) is 9.86. The fourth-order valence-corrected chi connectivity index (χ4v) is 3.40. The Hall–Kier alpha value is 0.250. The van der Waals surface area contributed by atoms with E-state index in [1.54, 1.807) is 0 Å². The molecule has 2 fully saturated rings. The molecule has 0 N–H and O–H groups in total. The molecule has 82 valence electrons. The van der Waals surface area contributed by atoms with Crippen molar-refractivity contribution in [2.24, 2.45) is 5.92 Å². The Morgan fingerprint density at radius 1 is 1.07 bits per heavy atom. The number of piperidine rings is 1. The lowest BCUT2D eigenvalue weighted by Crippen LogP contribution is -2.41. The van der Waals surface area contributed by atoms with Gasteiger partial charge in [0.1, 0.15) is 0 Å². The van der Waals surface area contributed by atoms with Crippen LogP contribution < -0.4 is 0 Å². The van der Waals surface area contributed by atoms with Crippen LogP contribution in [0.15, 0.2) is 0 Å². The fraction of sp³-hybridized carbons (Fsp3) is 1.00. The van der Waals surface area contributed by atoms with E-state index in [2.05, 4.69) is 4.90 Å². The third-order valence-corrected chi connectivity index (χ3v) is 4.13. The standard InChI is InChI=1S/C12H22ClN/c13-8-7-11-4-3-9-14(10-11)12-5-1-2-6-12/h11-12H,1-10H2. The molecular formula is C12H22ClN. The maximum Gasteiger partial charge on any atom is 0.0226 e. The Morgan fingerprint density at radius 2 is 1.86 bits per heavy atom. The molecule has 0 spiro atoms. The van der Waals surface area contributed by atoms with Crippen LogP contribution in [0.4, 0.5) is 0 Å². The molecule has 2 heteroatoms. The highest BCUT2D eigenvalue weighted by atomic mass is 35.5. The average Bonchev–Trinajstić information content (AvgIpc) is 2.71. The predicted octanol–water partition coefficient (Wildman–Crippen LogP) is 3.27. The minimum atomic E-state index is 0.850. The first-order chi connectivity index (χ1) is 6.90. The number of hydrogen-bond donors (Lipinski definition) is 0. The van der Waals surface area contributed by atoms with Crippen molar-refractivity contribution in [2.45, 2.75) is 51.0 Å². The Kier molecular flexibility index (Phi) is 4.12. The van der Waals surface area contributed by atoms with Crippen LogP contribution in [0.2, 0.25) is 0 Å². The maximum atomic E-state index is 5.82. The SMILES string of the molecule is ClCCC1CCCN(C2CCCC2)C1. The van der Waals surface area contributed by atoms with Crippen molar-refractivity contribution in [3.63, 3.8) is 0 Å². The second-order valence-electron chi connectivity index (χ2n) is 4.92. The molecule has 2 rings (SSSR count). The van der Waals surface area contributed by atoms with E-state index in [0.717, 1.165) is 17.8 Å². The molecule has 1 aliphatic heterocycles. The van der Waals surface area contributed by atoms with Crippen molar-refractivity contribution in [1.82, 2.24) is 4.90 Å². The van der Waals surface area contributed by atoms with Crippen LogP contribution in [0.25, 0.3) is 0 Å². The van der Waals surface area contributed by atoms with Gasteiger partial charge in [0.2, 0.25) is 0 Å². The van der Waals surface area contributed by atoms with E-state index in [4.69, 9.17) is 11.6 Å². The first kappa shape index (κ1) is 10.8. The van der Waals surface area contributed by atoms with E-state index in [0.29, 0.717) is 0 Å². The predicted molar refractivity (Wildman–Crippen MR) is 61.9 cm³/mol. The van der Waals surface area contributed by atoms with Gasteiger partial charge in [0.15, 0.2) is 0 Å². The molecule has 1 saturated carbocycles. The van der Waals surface area contributed by atoms with E-state index < -0.39 is 0 Å². The van der Waals surface area contributed by atoms with Crippen LogP contribution in [0.1, 0.15) is 44.9 Å². The van der Waals surface area contributed by atoms with Gasteiger partial charge in [-0.05, 0) is 44.6 Å². The highest BCUT2D eigenvalue weighted by Crippen LogP contribution is 2.28. The highest BCUT2D eigenvalue weighted by molar-refractivity contribution is 6.17. The number of nitrogens with zero attached hydrogens (tertiary/aromatic N) is 1. The van der Waals surface area contributed by atoms with Crippen LogP contribution in [-0.4, -0.2) is 29.9 Å². The van der Waals surface area contributed by atoms with E-state index in [1.165, 1.54) is 58.0 Å². The molecule has 1 aliphatic carbocycles. The quantitative estimate of drug-likeness (QED) is 0.654.